The minimum absolute atomic E-state index is 0.0691. The van der Waals surface area contributed by atoms with Gasteiger partial charge >= 0.3 is 0 Å². The molecule has 0 saturated carbocycles. The second-order valence-corrected chi connectivity index (χ2v) is 20.9. The molecule has 3 aliphatic rings. The monoisotopic (exact) mass is 829 g/mol. The summed E-state index contributed by atoms with van der Waals surface area (Å²) in [6.07, 6.45) is 2.36. The molecule has 1 radical (unpaired) electrons. The molecule has 2 nitrogen and oxygen atoms in total. The number of rotatable bonds is 5. The summed E-state index contributed by atoms with van der Waals surface area (Å²) in [5, 5.41) is 6.56. The van der Waals surface area contributed by atoms with Crippen molar-refractivity contribution in [2.45, 2.75) is 70.6 Å². The summed E-state index contributed by atoms with van der Waals surface area (Å²) < 4.78 is 2.64. The van der Waals surface area contributed by atoms with E-state index in [4.69, 9.17) is 0 Å². The van der Waals surface area contributed by atoms with Crippen LogP contribution in [-0.2, 0) is 16.2 Å². The molecule has 0 bridgehead atoms. The van der Waals surface area contributed by atoms with Crippen LogP contribution < -0.4 is 21.1 Å². The zero-order valence-electron chi connectivity index (χ0n) is 36.9. The zero-order valence-corrected chi connectivity index (χ0v) is 37.8. The lowest BCUT2D eigenvalue weighted by atomic mass is 9.55. The molecule has 0 saturated heterocycles. The largest absolute Gasteiger partial charge is 0.355 e. The van der Waals surface area contributed by atoms with E-state index in [9.17, 15) is 0 Å². The second kappa shape index (κ2) is 13.8. The highest BCUT2D eigenvalue weighted by Gasteiger charge is 2.46. The summed E-state index contributed by atoms with van der Waals surface area (Å²) in [5.41, 5.74) is 21.6. The van der Waals surface area contributed by atoms with Crippen molar-refractivity contribution in [1.29, 1.82) is 0 Å². The first-order valence-electron chi connectivity index (χ1n) is 22.5. The van der Waals surface area contributed by atoms with Crippen molar-refractivity contribution in [3.05, 3.63) is 186 Å². The van der Waals surface area contributed by atoms with Gasteiger partial charge in [0, 0.05) is 43.5 Å². The molecule has 3 heterocycles. The highest BCUT2D eigenvalue weighted by Crippen LogP contribution is 2.58. The first-order valence-corrected chi connectivity index (χ1v) is 23.4. The Labute approximate surface area is 376 Å². The number of nitrogens with one attached hydrogen (secondary N) is 1. The summed E-state index contributed by atoms with van der Waals surface area (Å²) in [6, 6.07) is 61.1. The SMILES string of the molecule is CC1(C)CCC(C)(C)c2cc3c(cc21)N1c2c(cccc2C3(C)C)[B]c2c(-c3cc(-c4ccccc4)ccc3Nc3cccc(-c4ccccc4)c3)cc3c(sc4ccccc43)c21. The van der Waals surface area contributed by atoms with Gasteiger partial charge < -0.3 is 10.2 Å². The van der Waals surface area contributed by atoms with E-state index in [1.807, 2.05) is 11.3 Å². The molecule has 4 heteroatoms. The van der Waals surface area contributed by atoms with E-state index in [1.165, 1.54) is 117 Å². The van der Waals surface area contributed by atoms with Crippen molar-refractivity contribution in [1.82, 2.24) is 0 Å². The summed E-state index contributed by atoms with van der Waals surface area (Å²) in [4.78, 5) is 2.71. The Kier molecular flexibility index (Phi) is 8.41. The van der Waals surface area contributed by atoms with Crippen LogP contribution >= 0.6 is 11.3 Å². The van der Waals surface area contributed by atoms with Crippen LogP contribution in [0.15, 0.2) is 164 Å². The number of para-hydroxylation sites is 1. The predicted molar refractivity (Wildman–Crippen MR) is 272 cm³/mol. The van der Waals surface area contributed by atoms with E-state index in [1.54, 1.807) is 0 Å². The number of hydrogen-bond donors (Lipinski definition) is 1. The lowest BCUT2D eigenvalue weighted by molar-refractivity contribution is 0.331. The van der Waals surface area contributed by atoms with Crippen molar-refractivity contribution in [3.8, 4) is 33.4 Å². The number of anilines is 5. The highest BCUT2D eigenvalue weighted by molar-refractivity contribution is 7.26. The Hall–Kier alpha value is -6.36. The van der Waals surface area contributed by atoms with Crippen LogP contribution in [0.3, 0.4) is 0 Å². The number of benzene rings is 8. The summed E-state index contributed by atoms with van der Waals surface area (Å²) in [5.74, 6) is 0. The van der Waals surface area contributed by atoms with Crippen LogP contribution in [0.1, 0.15) is 76.6 Å². The molecule has 1 N–H and O–H groups in total. The summed E-state index contributed by atoms with van der Waals surface area (Å²) in [6.45, 7) is 14.7. The molecule has 12 rings (SSSR count). The van der Waals surface area contributed by atoms with E-state index < -0.39 is 0 Å². The van der Waals surface area contributed by atoms with Crippen LogP contribution in [0.25, 0.3) is 53.6 Å². The maximum Gasteiger partial charge on any atom is 0.197 e. The Balaban J connectivity index is 1.16. The average molecular weight is 830 g/mol. The van der Waals surface area contributed by atoms with Gasteiger partial charge in [0.05, 0.1) is 16.1 Å². The molecule has 9 aromatic rings. The third kappa shape index (κ3) is 5.91. The van der Waals surface area contributed by atoms with Gasteiger partial charge in [-0.2, -0.15) is 0 Å². The highest BCUT2D eigenvalue weighted by atomic mass is 32.1. The van der Waals surface area contributed by atoms with Crippen LogP contribution in [0.4, 0.5) is 28.4 Å². The van der Waals surface area contributed by atoms with Gasteiger partial charge in [0.15, 0.2) is 7.28 Å². The maximum absolute atomic E-state index is 3.96. The quantitative estimate of drug-likeness (QED) is 0.174. The summed E-state index contributed by atoms with van der Waals surface area (Å²) in [7, 11) is 2.51. The van der Waals surface area contributed by atoms with Crippen molar-refractivity contribution in [2.75, 3.05) is 10.2 Å². The molecule has 63 heavy (non-hydrogen) atoms. The lowest BCUT2D eigenvalue weighted by Gasteiger charge is -2.49. The molecular formula is C59H50BN2S. The zero-order chi connectivity index (χ0) is 42.8. The first kappa shape index (κ1) is 38.3. The molecule has 305 valence electrons. The average Bonchev–Trinajstić information content (AvgIpc) is 3.68. The number of hydrogen-bond acceptors (Lipinski definition) is 3. The fourth-order valence-corrected chi connectivity index (χ4v) is 12.3. The van der Waals surface area contributed by atoms with Crippen LogP contribution in [0, 0.1) is 0 Å². The molecule has 0 fully saturated rings. The number of thiophene rings is 1. The number of fused-ring (bicyclic) bond motifs is 9. The maximum atomic E-state index is 3.96. The van der Waals surface area contributed by atoms with Gasteiger partial charge in [-0.05, 0) is 122 Å². The van der Waals surface area contributed by atoms with Gasteiger partial charge in [0.25, 0.3) is 0 Å². The van der Waals surface area contributed by atoms with Crippen LogP contribution in [0.2, 0.25) is 0 Å². The minimum Gasteiger partial charge on any atom is -0.355 e. The Morgan fingerprint density at radius 1 is 0.508 bits per heavy atom. The third-order valence-corrected chi connectivity index (χ3v) is 15.9. The van der Waals surface area contributed by atoms with E-state index in [2.05, 4.69) is 223 Å². The lowest BCUT2D eigenvalue weighted by Crippen LogP contribution is -2.46. The van der Waals surface area contributed by atoms with E-state index in [0.29, 0.717) is 0 Å². The van der Waals surface area contributed by atoms with E-state index in [0.717, 1.165) is 11.4 Å². The fourth-order valence-electron chi connectivity index (χ4n) is 11.1. The summed E-state index contributed by atoms with van der Waals surface area (Å²) >= 11 is 1.94. The second-order valence-electron chi connectivity index (χ2n) is 19.9. The van der Waals surface area contributed by atoms with Gasteiger partial charge in [-0.3, -0.25) is 0 Å². The molecule has 0 unspecified atom stereocenters. The smallest absolute Gasteiger partial charge is 0.197 e. The third-order valence-electron chi connectivity index (χ3n) is 14.7. The Bertz CT molecular complexity index is 3320. The molecule has 0 spiro atoms. The predicted octanol–water partition coefficient (Wildman–Crippen LogP) is 15.2. The normalized spacial score (nSPS) is 16.1. The van der Waals surface area contributed by atoms with Crippen molar-refractivity contribution >= 4 is 78.2 Å². The Morgan fingerprint density at radius 2 is 1.16 bits per heavy atom. The van der Waals surface area contributed by atoms with Crippen LogP contribution in [0.5, 0.6) is 0 Å². The van der Waals surface area contributed by atoms with Gasteiger partial charge in [-0.1, -0.05) is 168 Å². The molecule has 1 aromatic heterocycles. The van der Waals surface area contributed by atoms with Gasteiger partial charge in [0.2, 0.25) is 0 Å². The topological polar surface area (TPSA) is 15.3 Å². The molecule has 2 aliphatic heterocycles. The molecular weight excluding hydrogens is 780 g/mol. The van der Waals surface area contributed by atoms with E-state index in [-0.39, 0.29) is 16.2 Å². The number of nitrogens with zero attached hydrogens (tertiary/aromatic N) is 1. The molecule has 8 aromatic carbocycles. The Morgan fingerprint density at radius 3 is 1.90 bits per heavy atom. The van der Waals surface area contributed by atoms with Gasteiger partial charge in [0.1, 0.15) is 0 Å². The molecule has 1 aliphatic carbocycles. The van der Waals surface area contributed by atoms with Crippen LogP contribution in [-0.4, -0.2) is 7.28 Å². The van der Waals surface area contributed by atoms with Gasteiger partial charge in [-0.25, -0.2) is 0 Å². The van der Waals surface area contributed by atoms with Crippen molar-refractivity contribution < 1.29 is 0 Å². The van der Waals surface area contributed by atoms with Gasteiger partial charge in [-0.15, -0.1) is 11.3 Å². The van der Waals surface area contributed by atoms with E-state index >= 15 is 0 Å². The molecule has 0 amide bonds. The molecule has 0 atom stereocenters. The minimum atomic E-state index is -0.193. The standard InChI is InChI=1S/C59H50BN2S/c1-57(2)29-30-58(3,4)47-35-51-48(34-46(47)57)59(5,6)45-24-16-25-49-54(45)62(51)55-53(60-49)43(33-44-41-23-13-14-26-52(41)63-56(44)55)42-32-39(37-19-11-8-12-20-37)27-28-50(42)61-40-22-15-21-38(31-40)36-17-9-7-10-18-36/h7-28,31-35,61H,29-30H2,1-6H3. The van der Waals surface area contributed by atoms with Crippen molar-refractivity contribution in [2.24, 2.45) is 0 Å². The fraction of sp³-hybridized carbons (Fsp3) is 0.186. The van der Waals surface area contributed by atoms with Crippen molar-refractivity contribution in [3.63, 3.8) is 0 Å². The first-order chi connectivity index (χ1) is 30.5.